The van der Waals surface area contributed by atoms with E-state index in [4.69, 9.17) is 9.15 Å². The molecule has 0 aliphatic heterocycles. The van der Waals surface area contributed by atoms with E-state index in [1.165, 1.54) is 0 Å². The number of methoxy groups -OCH3 is 1. The maximum absolute atomic E-state index is 5.57. The highest BCUT2D eigenvalue weighted by Gasteiger charge is 2.10. The summed E-state index contributed by atoms with van der Waals surface area (Å²) in [6, 6.07) is 13.8. The van der Waals surface area contributed by atoms with E-state index in [-0.39, 0.29) is 0 Å². The molecule has 8 heteroatoms. The van der Waals surface area contributed by atoms with Crippen molar-refractivity contribution in [2.45, 2.75) is 13.5 Å². The molecule has 0 saturated carbocycles. The Hall–Kier alpha value is -4.20. The summed E-state index contributed by atoms with van der Waals surface area (Å²) < 4.78 is 12.8. The van der Waals surface area contributed by atoms with Crippen LogP contribution in [0, 0.1) is 6.92 Å². The van der Waals surface area contributed by atoms with Crippen molar-refractivity contribution in [2.24, 2.45) is 0 Å². The summed E-state index contributed by atoms with van der Waals surface area (Å²) in [5, 5.41) is 3.35. The minimum Gasteiger partial charge on any atom is -0.497 e. The first-order valence-corrected chi connectivity index (χ1v) is 9.79. The smallest absolute Gasteiger partial charge is 0.226 e. The van der Waals surface area contributed by atoms with Crippen molar-refractivity contribution in [3.05, 3.63) is 78.7 Å². The van der Waals surface area contributed by atoms with Gasteiger partial charge in [-0.25, -0.2) is 19.9 Å². The van der Waals surface area contributed by atoms with Crippen molar-refractivity contribution in [3.63, 3.8) is 0 Å². The number of ether oxygens (including phenoxy) is 1. The second-order valence-corrected chi connectivity index (χ2v) is 7.05. The van der Waals surface area contributed by atoms with Gasteiger partial charge in [-0.15, -0.1) is 0 Å². The van der Waals surface area contributed by atoms with Crippen molar-refractivity contribution >= 4 is 11.5 Å². The van der Waals surface area contributed by atoms with Gasteiger partial charge in [0.1, 0.15) is 29.3 Å². The lowest BCUT2D eigenvalue weighted by Crippen LogP contribution is -2.02. The lowest BCUT2D eigenvalue weighted by Gasteiger charge is -2.08. The van der Waals surface area contributed by atoms with E-state index in [0.717, 1.165) is 45.5 Å². The number of nitrogens with zero attached hydrogens (tertiary/aromatic N) is 5. The third-order valence-corrected chi connectivity index (χ3v) is 4.95. The number of aryl methyl sites for hydroxylation is 1. The quantitative estimate of drug-likeness (QED) is 0.443. The molecule has 0 aliphatic carbocycles. The number of imidazole rings is 1. The van der Waals surface area contributed by atoms with E-state index in [9.17, 15) is 0 Å². The van der Waals surface area contributed by atoms with Gasteiger partial charge in [0, 0.05) is 30.4 Å². The minimum atomic E-state index is 0.628. The fourth-order valence-electron chi connectivity index (χ4n) is 3.32. The Kier molecular flexibility index (Phi) is 4.80. The van der Waals surface area contributed by atoms with Crippen LogP contribution in [0.2, 0.25) is 0 Å². The minimum absolute atomic E-state index is 0.628. The number of anilines is 1. The largest absolute Gasteiger partial charge is 0.497 e. The van der Waals surface area contributed by atoms with Crippen molar-refractivity contribution in [1.82, 2.24) is 24.3 Å². The van der Waals surface area contributed by atoms with Crippen LogP contribution in [0.5, 0.6) is 5.75 Å². The first-order valence-electron chi connectivity index (χ1n) is 9.79. The number of hydrogen-bond acceptors (Lipinski definition) is 7. The predicted octanol–water partition coefficient (Wildman–Crippen LogP) is 4.38. The summed E-state index contributed by atoms with van der Waals surface area (Å²) in [5.74, 6) is 2.92. The van der Waals surface area contributed by atoms with Gasteiger partial charge in [-0.2, -0.15) is 0 Å². The average Bonchev–Trinajstić information content (AvgIpc) is 3.44. The molecule has 0 spiro atoms. The van der Waals surface area contributed by atoms with Gasteiger partial charge in [-0.1, -0.05) is 12.1 Å². The lowest BCUT2D eigenvalue weighted by molar-refractivity contribution is 0.414. The molecule has 0 fully saturated rings. The molecular formula is C23H20N6O2. The van der Waals surface area contributed by atoms with Crippen LogP contribution in [0.15, 0.2) is 71.8 Å². The number of oxazole rings is 1. The summed E-state index contributed by atoms with van der Waals surface area (Å²) in [6.45, 7) is 2.51. The molecule has 5 aromatic rings. The fraction of sp³-hybridized carbons (Fsp3) is 0.130. The second-order valence-electron chi connectivity index (χ2n) is 7.05. The highest BCUT2D eigenvalue weighted by atomic mass is 16.5. The van der Waals surface area contributed by atoms with Crippen LogP contribution in [0.1, 0.15) is 11.3 Å². The molecule has 1 N–H and O–H groups in total. The molecule has 4 aromatic heterocycles. The van der Waals surface area contributed by atoms with Crippen molar-refractivity contribution in [3.8, 4) is 28.6 Å². The molecule has 0 amide bonds. The van der Waals surface area contributed by atoms with Gasteiger partial charge >= 0.3 is 0 Å². The summed E-state index contributed by atoms with van der Waals surface area (Å²) in [4.78, 5) is 17.5. The summed E-state index contributed by atoms with van der Waals surface area (Å²) in [6.07, 6.45) is 6.99. The zero-order chi connectivity index (χ0) is 21.2. The SMILES string of the molecule is COc1ccn2c(-c3cc(NCc4ccc(-c5ncc(C)o5)cc4)ncn3)cnc2c1. The van der Waals surface area contributed by atoms with Crippen LogP contribution >= 0.6 is 0 Å². The predicted molar refractivity (Wildman–Crippen MR) is 117 cm³/mol. The molecule has 31 heavy (non-hydrogen) atoms. The summed E-state index contributed by atoms with van der Waals surface area (Å²) >= 11 is 0. The van der Waals surface area contributed by atoms with Gasteiger partial charge in [0.25, 0.3) is 0 Å². The summed E-state index contributed by atoms with van der Waals surface area (Å²) in [5.41, 5.74) is 4.53. The topological polar surface area (TPSA) is 90.4 Å². The van der Waals surface area contributed by atoms with Gasteiger partial charge < -0.3 is 14.5 Å². The number of hydrogen-bond donors (Lipinski definition) is 1. The normalized spacial score (nSPS) is 11.0. The third kappa shape index (κ3) is 3.83. The van der Waals surface area contributed by atoms with E-state index < -0.39 is 0 Å². The van der Waals surface area contributed by atoms with Crippen LogP contribution in [-0.2, 0) is 6.54 Å². The van der Waals surface area contributed by atoms with Crippen LogP contribution in [0.4, 0.5) is 5.82 Å². The number of rotatable bonds is 6. The highest BCUT2D eigenvalue weighted by Crippen LogP contribution is 2.23. The maximum atomic E-state index is 5.57. The van der Waals surface area contributed by atoms with E-state index in [0.29, 0.717) is 12.4 Å². The van der Waals surface area contributed by atoms with Gasteiger partial charge in [-0.05, 0) is 30.7 Å². The monoisotopic (exact) mass is 412 g/mol. The van der Waals surface area contributed by atoms with E-state index in [1.54, 1.807) is 25.8 Å². The average molecular weight is 412 g/mol. The van der Waals surface area contributed by atoms with Crippen molar-refractivity contribution in [2.75, 3.05) is 12.4 Å². The van der Waals surface area contributed by atoms with Crippen LogP contribution < -0.4 is 10.1 Å². The van der Waals surface area contributed by atoms with Crippen LogP contribution in [0.3, 0.4) is 0 Å². The molecule has 0 radical (unpaired) electrons. The molecule has 0 saturated heterocycles. The molecule has 0 unspecified atom stereocenters. The van der Waals surface area contributed by atoms with E-state index in [2.05, 4.69) is 25.3 Å². The van der Waals surface area contributed by atoms with Gasteiger partial charge in [0.15, 0.2) is 0 Å². The molecular weight excluding hydrogens is 392 g/mol. The first kappa shape index (κ1) is 18.8. The Labute approximate surface area is 178 Å². The van der Waals surface area contributed by atoms with Gasteiger partial charge in [0.05, 0.1) is 30.9 Å². The lowest BCUT2D eigenvalue weighted by atomic mass is 10.1. The number of nitrogens with one attached hydrogen (secondary N) is 1. The molecule has 154 valence electrons. The van der Waals surface area contributed by atoms with Crippen molar-refractivity contribution in [1.29, 1.82) is 0 Å². The molecule has 5 rings (SSSR count). The highest BCUT2D eigenvalue weighted by molar-refractivity contribution is 5.63. The van der Waals surface area contributed by atoms with Crippen molar-refractivity contribution < 1.29 is 9.15 Å². The molecule has 0 aliphatic rings. The molecule has 0 bridgehead atoms. The second kappa shape index (κ2) is 7.91. The Morgan fingerprint density at radius 2 is 1.87 bits per heavy atom. The van der Waals surface area contributed by atoms with Crippen LogP contribution in [-0.4, -0.2) is 31.4 Å². The summed E-state index contributed by atoms with van der Waals surface area (Å²) in [7, 11) is 1.64. The zero-order valence-corrected chi connectivity index (χ0v) is 17.1. The molecule has 0 atom stereocenters. The Morgan fingerprint density at radius 3 is 2.65 bits per heavy atom. The molecule has 8 nitrogen and oxygen atoms in total. The fourth-order valence-corrected chi connectivity index (χ4v) is 3.32. The first-order chi connectivity index (χ1) is 15.2. The molecule has 4 heterocycles. The Bertz CT molecular complexity index is 1340. The Balaban J connectivity index is 1.32. The zero-order valence-electron chi connectivity index (χ0n) is 17.1. The van der Waals surface area contributed by atoms with E-state index in [1.807, 2.05) is 60.0 Å². The number of aromatic nitrogens is 5. The maximum Gasteiger partial charge on any atom is 0.226 e. The van der Waals surface area contributed by atoms with Gasteiger partial charge in [0.2, 0.25) is 5.89 Å². The number of fused-ring (bicyclic) bond motifs is 1. The van der Waals surface area contributed by atoms with E-state index >= 15 is 0 Å². The number of benzene rings is 1. The Morgan fingerprint density at radius 1 is 1.00 bits per heavy atom. The van der Waals surface area contributed by atoms with Gasteiger partial charge in [-0.3, -0.25) is 4.40 Å². The molecule has 1 aromatic carbocycles. The standard InChI is InChI=1S/C23H20N6O2/c1-15-11-26-23(31-15)17-5-3-16(4-6-17)12-24-21-10-19(27-14-28-21)20-13-25-22-9-18(30-2)7-8-29(20)22/h3-11,13-14H,12H2,1-2H3,(H,24,27,28). The number of pyridine rings is 1. The van der Waals surface area contributed by atoms with Crippen LogP contribution in [0.25, 0.3) is 28.5 Å². The third-order valence-electron chi connectivity index (χ3n) is 4.95.